The van der Waals surface area contributed by atoms with Crippen LogP contribution in [0.4, 0.5) is 5.69 Å². The van der Waals surface area contributed by atoms with Crippen LogP contribution in [-0.4, -0.2) is 41.8 Å². The van der Waals surface area contributed by atoms with Gasteiger partial charge in [-0.3, -0.25) is 9.79 Å². The standard InChI is InChI=1S/C26H32N6O/c1-19-17-20(2)32(30-19)24-12-7-5-10-22(24)18-29-26(27-3)28-15-8-13-25(33)31-16-14-21-9-4-6-11-23(21)31/h4-7,9-12,17H,8,13-16,18H2,1-3H3,(H2,27,28,29). The minimum Gasteiger partial charge on any atom is -0.356 e. The summed E-state index contributed by atoms with van der Waals surface area (Å²) >= 11 is 0. The van der Waals surface area contributed by atoms with Gasteiger partial charge in [-0.15, -0.1) is 0 Å². The van der Waals surface area contributed by atoms with E-state index >= 15 is 0 Å². The number of carbonyl (C=O) groups is 1. The second-order valence-corrected chi connectivity index (χ2v) is 8.35. The molecule has 7 nitrogen and oxygen atoms in total. The second-order valence-electron chi connectivity index (χ2n) is 8.35. The largest absolute Gasteiger partial charge is 0.356 e. The minimum absolute atomic E-state index is 0.184. The molecule has 1 aromatic heterocycles. The van der Waals surface area contributed by atoms with Crippen molar-refractivity contribution in [3.8, 4) is 5.69 Å². The molecular weight excluding hydrogens is 412 g/mol. The van der Waals surface area contributed by atoms with Crippen LogP contribution in [0.3, 0.4) is 0 Å². The normalized spacial score (nSPS) is 13.2. The van der Waals surface area contributed by atoms with Crippen LogP contribution in [0.1, 0.15) is 35.4 Å². The molecule has 0 saturated heterocycles. The van der Waals surface area contributed by atoms with Crippen LogP contribution >= 0.6 is 0 Å². The third-order valence-corrected chi connectivity index (χ3v) is 5.95. The van der Waals surface area contributed by atoms with Gasteiger partial charge in [0.15, 0.2) is 5.96 Å². The topological polar surface area (TPSA) is 74.6 Å². The molecule has 0 fully saturated rings. The molecule has 0 unspecified atom stereocenters. The zero-order valence-electron chi connectivity index (χ0n) is 19.6. The highest BCUT2D eigenvalue weighted by molar-refractivity contribution is 5.95. The van der Waals surface area contributed by atoms with Crippen molar-refractivity contribution < 1.29 is 4.79 Å². The lowest BCUT2D eigenvalue weighted by Gasteiger charge is -2.18. The number of nitrogens with one attached hydrogen (secondary N) is 2. The van der Waals surface area contributed by atoms with Gasteiger partial charge in [0.25, 0.3) is 0 Å². The molecule has 0 saturated carbocycles. The van der Waals surface area contributed by atoms with Gasteiger partial charge in [0.05, 0.1) is 11.4 Å². The van der Waals surface area contributed by atoms with E-state index < -0.39 is 0 Å². The Morgan fingerprint density at radius 3 is 2.58 bits per heavy atom. The summed E-state index contributed by atoms with van der Waals surface area (Å²) in [5.41, 5.74) is 6.62. The van der Waals surface area contributed by atoms with E-state index in [9.17, 15) is 4.79 Å². The molecule has 3 aromatic rings. The molecule has 0 atom stereocenters. The first kappa shape index (κ1) is 22.6. The Balaban J connectivity index is 1.27. The third kappa shape index (κ3) is 5.25. The van der Waals surface area contributed by atoms with Crippen LogP contribution in [0.2, 0.25) is 0 Å². The number of aryl methyl sites for hydroxylation is 2. The third-order valence-electron chi connectivity index (χ3n) is 5.95. The Bertz CT molecular complexity index is 1150. The zero-order valence-corrected chi connectivity index (χ0v) is 19.6. The van der Waals surface area contributed by atoms with Crippen molar-refractivity contribution in [3.63, 3.8) is 0 Å². The number of aliphatic imine (C=N–C) groups is 1. The number of hydrogen-bond donors (Lipinski definition) is 2. The van der Waals surface area contributed by atoms with Gasteiger partial charge in [0.2, 0.25) is 5.91 Å². The first-order valence-electron chi connectivity index (χ1n) is 11.5. The van der Waals surface area contributed by atoms with E-state index in [4.69, 9.17) is 0 Å². The highest BCUT2D eigenvalue weighted by Crippen LogP contribution is 2.28. The van der Waals surface area contributed by atoms with Gasteiger partial charge < -0.3 is 15.5 Å². The zero-order chi connectivity index (χ0) is 23.2. The van der Waals surface area contributed by atoms with Crippen LogP contribution in [0, 0.1) is 13.8 Å². The van der Waals surface area contributed by atoms with E-state index in [1.807, 2.05) is 46.8 Å². The van der Waals surface area contributed by atoms with Crippen molar-refractivity contribution in [2.24, 2.45) is 4.99 Å². The average Bonchev–Trinajstić information content (AvgIpc) is 3.41. The average molecular weight is 445 g/mol. The van der Waals surface area contributed by atoms with Crippen molar-refractivity contribution in [3.05, 3.63) is 77.1 Å². The molecule has 172 valence electrons. The molecule has 33 heavy (non-hydrogen) atoms. The fourth-order valence-electron chi connectivity index (χ4n) is 4.32. The molecule has 0 aliphatic carbocycles. The fraction of sp³-hybridized carbons (Fsp3) is 0.346. The van der Waals surface area contributed by atoms with Crippen molar-refractivity contribution in [2.45, 2.75) is 39.7 Å². The monoisotopic (exact) mass is 444 g/mol. The van der Waals surface area contributed by atoms with Crippen molar-refractivity contribution >= 4 is 17.6 Å². The van der Waals surface area contributed by atoms with E-state index in [1.54, 1.807) is 7.05 Å². The predicted molar refractivity (Wildman–Crippen MR) is 133 cm³/mol. The number of nitrogens with zero attached hydrogens (tertiary/aromatic N) is 4. The van der Waals surface area contributed by atoms with Gasteiger partial charge >= 0.3 is 0 Å². The minimum atomic E-state index is 0.184. The molecule has 0 bridgehead atoms. The van der Waals surface area contributed by atoms with Gasteiger partial charge in [0, 0.05) is 44.5 Å². The maximum atomic E-state index is 12.7. The smallest absolute Gasteiger partial charge is 0.227 e. The number of rotatable bonds is 7. The van der Waals surface area contributed by atoms with Crippen molar-refractivity contribution in [2.75, 3.05) is 25.0 Å². The molecule has 4 rings (SSSR count). The molecule has 0 spiro atoms. The lowest BCUT2D eigenvalue weighted by Crippen LogP contribution is -2.38. The number of fused-ring (bicyclic) bond motifs is 1. The maximum Gasteiger partial charge on any atom is 0.227 e. The molecule has 2 heterocycles. The van der Waals surface area contributed by atoms with Crippen LogP contribution in [0.25, 0.3) is 5.69 Å². The SMILES string of the molecule is CN=C(NCCCC(=O)N1CCc2ccccc21)NCc1ccccc1-n1nc(C)cc1C. The van der Waals surface area contributed by atoms with Crippen molar-refractivity contribution in [1.82, 2.24) is 20.4 Å². The van der Waals surface area contributed by atoms with Gasteiger partial charge in [-0.1, -0.05) is 36.4 Å². The van der Waals surface area contributed by atoms with Gasteiger partial charge in [-0.05, 0) is 56.0 Å². The summed E-state index contributed by atoms with van der Waals surface area (Å²) in [6.07, 6.45) is 2.20. The van der Waals surface area contributed by atoms with Gasteiger partial charge in [0.1, 0.15) is 0 Å². The Morgan fingerprint density at radius 1 is 1.06 bits per heavy atom. The Hall–Kier alpha value is -3.61. The summed E-state index contributed by atoms with van der Waals surface area (Å²) in [7, 11) is 1.76. The summed E-state index contributed by atoms with van der Waals surface area (Å²) in [6, 6.07) is 18.5. The molecular formula is C26H32N6O. The lowest BCUT2D eigenvalue weighted by molar-refractivity contribution is -0.118. The number of benzene rings is 2. The van der Waals surface area contributed by atoms with Crippen LogP contribution in [0.5, 0.6) is 0 Å². The number of aromatic nitrogens is 2. The number of hydrogen-bond acceptors (Lipinski definition) is 3. The van der Waals surface area contributed by atoms with Crippen LogP contribution in [0.15, 0.2) is 59.6 Å². The fourth-order valence-corrected chi connectivity index (χ4v) is 4.32. The van der Waals surface area contributed by atoms with E-state index in [2.05, 4.69) is 51.9 Å². The van der Waals surface area contributed by atoms with E-state index in [1.165, 1.54) is 5.56 Å². The number of guanidine groups is 1. The molecule has 7 heteroatoms. The maximum absolute atomic E-state index is 12.7. The summed E-state index contributed by atoms with van der Waals surface area (Å²) < 4.78 is 1.98. The molecule has 0 radical (unpaired) electrons. The summed E-state index contributed by atoms with van der Waals surface area (Å²) in [5.74, 6) is 0.903. The molecule has 1 aliphatic rings. The lowest BCUT2D eigenvalue weighted by atomic mass is 10.1. The second kappa shape index (κ2) is 10.3. The quantitative estimate of drug-likeness (QED) is 0.332. The summed E-state index contributed by atoms with van der Waals surface area (Å²) in [4.78, 5) is 18.9. The molecule has 1 aliphatic heterocycles. The molecule has 2 aromatic carbocycles. The Labute approximate surface area is 195 Å². The highest BCUT2D eigenvalue weighted by atomic mass is 16.2. The molecule has 1 amide bonds. The number of amides is 1. The van der Waals surface area contributed by atoms with Crippen LogP contribution < -0.4 is 15.5 Å². The van der Waals surface area contributed by atoms with Gasteiger partial charge in [-0.25, -0.2) is 4.68 Å². The van der Waals surface area contributed by atoms with Gasteiger partial charge in [-0.2, -0.15) is 5.10 Å². The number of para-hydroxylation sites is 2. The first-order valence-corrected chi connectivity index (χ1v) is 11.5. The summed E-state index contributed by atoms with van der Waals surface area (Å²) in [5, 5.41) is 11.3. The van der Waals surface area contributed by atoms with E-state index in [-0.39, 0.29) is 5.91 Å². The predicted octanol–water partition coefficient (Wildman–Crippen LogP) is 3.52. The van der Waals surface area contributed by atoms with E-state index in [0.29, 0.717) is 19.5 Å². The molecule has 2 N–H and O–H groups in total. The number of carbonyl (C=O) groups excluding carboxylic acids is 1. The van der Waals surface area contributed by atoms with Crippen LogP contribution in [-0.2, 0) is 17.8 Å². The highest BCUT2D eigenvalue weighted by Gasteiger charge is 2.23. The van der Waals surface area contributed by atoms with Crippen molar-refractivity contribution in [1.29, 1.82) is 0 Å². The Kier molecular flexibility index (Phi) is 7.07. The Morgan fingerprint density at radius 2 is 1.82 bits per heavy atom. The van der Waals surface area contributed by atoms with E-state index in [0.717, 1.165) is 53.7 Å². The summed E-state index contributed by atoms with van der Waals surface area (Å²) in [6.45, 7) is 6.15. The first-order chi connectivity index (χ1) is 16.1. The number of anilines is 1.